The monoisotopic (exact) mass is 120 g/mol. The Morgan fingerprint density at radius 2 is 2.25 bits per heavy atom. The van der Waals surface area contributed by atoms with E-state index in [0.717, 1.165) is 0 Å². The van der Waals surface area contributed by atoms with Crippen LogP contribution in [-0.2, 0) is 4.94 Å². The predicted octanol–water partition coefficient (Wildman–Crippen LogP) is 0.342. The highest BCUT2D eigenvalue weighted by Gasteiger charge is 1.86. The first-order valence-electron chi connectivity index (χ1n) is 1.88. The van der Waals surface area contributed by atoms with Crippen molar-refractivity contribution in [1.29, 1.82) is 0 Å². The smallest absolute Gasteiger partial charge is 0.0142 e. The van der Waals surface area contributed by atoms with E-state index in [1.54, 1.807) is 0 Å². The average molecular weight is 120 g/mol. The summed E-state index contributed by atoms with van der Waals surface area (Å²) in [6, 6.07) is 0. The number of hydroxylamine groups is 1. The molecule has 8 heavy (non-hydrogen) atoms. The molecule has 0 radical (unpaired) electrons. The van der Waals surface area contributed by atoms with Crippen LogP contribution in [0.25, 0.3) is 11.3 Å². The van der Waals surface area contributed by atoms with Gasteiger partial charge in [-0.25, -0.2) is 0 Å². The summed E-state index contributed by atoms with van der Waals surface area (Å²) in [6.07, 6.45) is 0. The van der Waals surface area contributed by atoms with Gasteiger partial charge >= 0.3 is 0 Å². The van der Waals surface area contributed by atoms with Gasteiger partial charge in [0, 0.05) is 0 Å². The van der Waals surface area contributed by atoms with Gasteiger partial charge in [0.05, 0.1) is 0 Å². The Morgan fingerprint density at radius 1 is 1.75 bits per heavy atom. The lowest BCUT2D eigenvalue weighted by Gasteiger charge is -2.32. The number of hydrogen-bond acceptors (Lipinski definition) is 4. The van der Waals surface area contributed by atoms with Crippen LogP contribution in [0.3, 0.4) is 0 Å². The zero-order valence-electron chi connectivity index (χ0n) is 4.70. The van der Waals surface area contributed by atoms with E-state index in [1.807, 2.05) is 0 Å². The van der Waals surface area contributed by atoms with E-state index < -0.39 is 0 Å². The SMILES string of the molecule is C[N-]ON(O)N(C)[NH-]. The van der Waals surface area contributed by atoms with Gasteiger partial charge in [0.15, 0.2) is 0 Å². The molecule has 0 atom stereocenters. The zero-order valence-corrected chi connectivity index (χ0v) is 4.70. The Labute approximate surface area is 47.2 Å². The molecule has 0 amide bonds. The van der Waals surface area contributed by atoms with Crippen LogP contribution in [0.4, 0.5) is 0 Å². The summed E-state index contributed by atoms with van der Waals surface area (Å²) in [7, 11) is 2.62. The molecule has 0 aromatic heterocycles. The highest BCUT2D eigenvalue weighted by Crippen LogP contribution is 1.92. The van der Waals surface area contributed by atoms with Crippen molar-refractivity contribution in [2.45, 2.75) is 0 Å². The molecule has 0 unspecified atom stereocenters. The first-order chi connectivity index (χ1) is 3.68. The normalized spacial score (nSPS) is 11.2. The molecule has 2 N–H and O–H groups in total. The summed E-state index contributed by atoms with van der Waals surface area (Å²) in [4.78, 5) is 4.06. The summed E-state index contributed by atoms with van der Waals surface area (Å²) < 4.78 is 0. The Bertz CT molecular complexity index is 58.0. The highest BCUT2D eigenvalue weighted by molar-refractivity contribution is 4.38. The van der Waals surface area contributed by atoms with Crippen molar-refractivity contribution in [2.75, 3.05) is 14.1 Å². The number of hydrogen-bond donors (Lipinski definition) is 1. The van der Waals surface area contributed by atoms with Gasteiger partial charge in [-0.1, -0.05) is 0 Å². The molecule has 6 nitrogen and oxygen atoms in total. The second-order valence-electron chi connectivity index (χ2n) is 1.04. The van der Waals surface area contributed by atoms with Crippen molar-refractivity contribution in [2.24, 2.45) is 0 Å². The van der Waals surface area contributed by atoms with Crippen molar-refractivity contribution in [3.05, 3.63) is 11.3 Å². The van der Waals surface area contributed by atoms with E-state index in [4.69, 9.17) is 11.0 Å². The first kappa shape index (κ1) is 7.76. The number of hydrazine groups is 1. The van der Waals surface area contributed by atoms with Gasteiger partial charge in [-0.2, -0.15) is 0 Å². The van der Waals surface area contributed by atoms with Gasteiger partial charge in [0.1, 0.15) is 0 Å². The van der Waals surface area contributed by atoms with Crippen LogP contribution in [0, 0.1) is 0 Å². The van der Waals surface area contributed by atoms with E-state index in [1.165, 1.54) is 14.1 Å². The molecule has 50 valence electrons. The lowest BCUT2D eigenvalue weighted by atomic mass is 11.4. The molecule has 0 saturated carbocycles. The van der Waals surface area contributed by atoms with E-state index in [0.29, 0.717) is 5.12 Å². The molecular formula is C2H8N4O2-2. The summed E-state index contributed by atoms with van der Waals surface area (Å²) in [5.41, 5.74) is 3.07. The van der Waals surface area contributed by atoms with Gasteiger partial charge in [-0.15, -0.1) is 7.05 Å². The Balaban J connectivity index is 3.17. The van der Waals surface area contributed by atoms with E-state index in [-0.39, 0.29) is 5.34 Å². The van der Waals surface area contributed by atoms with Crippen molar-refractivity contribution in [3.8, 4) is 0 Å². The third-order valence-electron chi connectivity index (χ3n) is 0.411. The van der Waals surface area contributed by atoms with E-state index in [2.05, 4.69) is 10.4 Å². The minimum Gasteiger partial charge on any atom is -0.591 e. The Hall–Kier alpha value is -0.240. The molecule has 0 aliphatic rings. The van der Waals surface area contributed by atoms with Gasteiger partial charge in [-0.05, 0) is 12.4 Å². The van der Waals surface area contributed by atoms with Crippen LogP contribution in [0.5, 0.6) is 0 Å². The first-order valence-corrected chi connectivity index (χ1v) is 1.88. The Kier molecular flexibility index (Phi) is 3.61. The van der Waals surface area contributed by atoms with Crippen LogP contribution in [0.1, 0.15) is 0 Å². The number of nitrogens with one attached hydrogen (secondary N) is 1. The van der Waals surface area contributed by atoms with Crippen LogP contribution >= 0.6 is 0 Å². The van der Waals surface area contributed by atoms with Crippen LogP contribution < -0.4 is 0 Å². The van der Waals surface area contributed by atoms with Crippen LogP contribution in [0.2, 0.25) is 0 Å². The van der Waals surface area contributed by atoms with Crippen molar-refractivity contribution < 1.29 is 10.1 Å². The molecule has 0 aromatic carbocycles. The van der Waals surface area contributed by atoms with Crippen LogP contribution in [-0.4, -0.2) is 29.8 Å². The molecule has 0 bridgehead atoms. The minimum atomic E-state index is 0.181. The van der Waals surface area contributed by atoms with Gasteiger partial charge in [0.2, 0.25) is 0 Å². The van der Waals surface area contributed by atoms with Crippen molar-refractivity contribution >= 4 is 0 Å². The molecular weight excluding hydrogens is 112 g/mol. The zero-order chi connectivity index (χ0) is 6.57. The molecule has 0 aliphatic heterocycles. The maximum absolute atomic E-state index is 8.38. The van der Waals surface area contributed by atoms with Gasteiger partial charge in [-0.3, -0.25) is 10.3 Å². The third-order valence-corrected chi connectivity index (χ3v) is 0.411. The van der Waals surface area contributed by atoms with E-state index >= 15 is 0 Å². The molecule has 6 heteroatoms. The maximum atomic E-state index is 8.38. The summed E-state index contributed by atoms with van der Waals surface area (Å²) in [5, 5.41) is 9.14. The fourth-order valence-corrected chi connectivity index (χ4v) is 0.128. The van der Waals surface area contributed by atoms with Crippen LogP contribution in [0.15, 0.2) is 0 Å². The maximum Gasteiger partial charge on any atom is -0.0142 e. The minimum absolute atomic E-state index is 0.181. The highest BCUT2D eigenvalue weighted by atomic mass is 17.0. The molecule has 0 heterocycles. The quantitative estimate of drug-likeness (QED) is 0.545. The van der Waals surface area contributed by atoms with Crippen molar-refractivity contribution in [1.82, 2.24) is 10.5 Å². The third kappa shape index (κ3) is 2.86. The Morgan fingerprint density at radius 3 is 2.38 bits per heavy atom. The second-order valence-corrected chi connectivity index (χ2v) is 1.04. The molecule has 0 saturated heterocycles. The topological polar surface area (TPSA) is 73.8 Å². The molecule has 0 aromatic rings. The fraction of sp³-hybridized carbons (Fsp3) is 1.00. The lowest BCUT2D eigenvalue weighted by molar-refractivity contribution is -0.406. The average Bonchev–Trinajstić information content (AvgIpc) is 1.67. The molecule has 0 fully saturated rings. The van der Waals surface area contributed by atoms with Crippen molar-refractivity contribution in [3.63, 3.8) is 0 Å². The summed E-state index contributed by atoms with van der Waals surface area (Å²) in [6.45, 7) is 0. The van der Waals surface area contributed by atoms with Gasteiger partial charge in [0.25, 0.3) is 0 Å². The fourth-order valence-electron chi connectivity index (χ4n) is 0.128. The van der Waals surface area contributed by atoms with Gasteiger partial charge < -0.3 is 16.3 Å². The number of nitrogens with zero attached hydrogens (tertiary/aromatic N) is 3. The molecule has 0 aliphatic carbocycles. The number of rotatable bonds is 3. The molecule has 0 rings (SSSR count). The summed E-state index contributed by atoms with van der Waals surface area (Å²) in [5.74, 6) is 6.61. The largest absolute Gasteiger partial charge is 0.591 e. The second kappa shape index (κ2) is 3.72. The van der Waals surface area contributed by atoms with E-state index in [9.17, 15) is 0 Å². The predicted molar refractivity (Wildman–Crippen MR) is 26.1 cm³/mol. The summed E-state index contributed by atoms with van der Waals surface area (Å²) >= 11 is 0. The standard InChI is InChI=1S/C2H8N4O2/c1-4-8-6(7)5(2)3/h3,7H,1-2H3/q-2. The molecule has 0 spiro atoms. The lowest BCUT2D eigenvalue weighted by Crippen LogP contribution is -2.29.